The molecule has 3 rings (SSSR count). The van der Waals surface area contributed by atoms with E-state index >= 15 is 0 Å². The zero-order valence-electron chi connectivity index (χ0n) is 13.2. The maximum absolute atomic E-state index is 12.7. The van der Waals surface area contributed by atoms with E-state index < -0.39 is 0 Å². The zero-order valence-corrected chi connectivity index (χ0v) is 13.2. The Bertz CT molecular complexity index is 666. The van der Waals surface area contributed by atoms with E-state index in [4.69, 9.17) is 9.15 Å². The fourth-order valence-corrected chi connectivity index (χ4v) is 2.92. The molecule has 116 valence electrons. The number of benzene rings is 1. The number of morpholine rings is 1. The van der Waals surface area contributed by atoms with Crippen LogP contribution in [0, 0.1) is 6.92 Å². The van der Waals surface area contributed by atoms with E-state index in [2.05, 4.69) is 0 Å². The first-order valence-corrected chi connectivity index (χ1v) is 7.64. The fraction of sp³-hybridized carbons (Fsp3) is 0.389. The minimum atomic E-state index is 0.0483. The summed E-state index contributed by atoms with van der Waals surface area (Å²) in [5, 5.41) is 0. The minimum absolute atomic E-state index is 0.0483. The van der Waals surface area contributed by atoms with Gasteiger partial charge in [-0.3, -0.25) is 4.79 Å². The van der Waals surface area contributed by atoms with Crippen LogP contribution in [-0.4, -0.2) is 36.1 Å². The maximum atomic E-state index is 12.7. The van der Waals surface area contributed by atoms with E-state index in [1.54, 1.807) is 0 Å². The molecular formula is C18H21NO3. The Balaban J connectivity index is 1.84. The number of amides is 1. The number of carbonyl (C=O) groups excluding carboxylic acids is 1. The van der Waals surface area contributed by atoms with Crippen LogP contribution < -0.4 is 0 Å². The summed E-state index contributed by atoms with van der Waals surface area (Å²) in [7, 11) is 0. The predicted octanol–water partition coefficient (Wildman–Crippen LogP) is 3.50. The van der Waals surface area contributed by atoms with Crippen molar-refractivity contribution in [3.63, 3.8) is 0 Å². The van der Waals surface area contributed by atoms with Crippen LogP contribution in [0.5, 0.6) is 0 Å². The van der Waals surface area contributed by atoms with Gasteiger partial charge in [0.05, 0.1) is 12.2 Å². The van der Waals surface area contributed by atoms with E-state index in [1.165, 1.54) is 0 Å². The molecule has 4 heteroatoms. The van der Waals surface area contributed by atoms with Gasteiger partial charge in [-0.05, 0) is 45.0 Å². The molecule has 2 aromatic rings. The number of nitrogens with zero attached hydrogens (tertiary/aromatic N) is 1. The Morgan fingerprint density at radius 1 is 1.14 bits per heavy atom. The van der Waals surface area contributed by atoms with Gasteiger partial charge >= 0.3 is 0 Å². The molecule has 1 aromatic heterocycles. The molecule has 0 aliphatic carbocycles. The van der Waals surface area contributed by atoms with Gasteiger partial charge in [-0.25, -0.2) is 0 Å². The summed E-state index contributed by atoms with van der Waals surface area (Å²) in [6.07, 6.45) is 0.146. The Morgan fingerprint density at radius 3 is 2.50 bits per heavy atom. The van der Waals surface area contributed by atoms with Crippen LogP contribution in [0.2, 0.25) is 0 Å². The van der Waals surface area contributed by atoms with E-state index in [9.17, 15) is 4.79 Å². The number of rotatable bonds is 2. The quantitative estimate of drug-likeness (QED) is 0.852. The van der Waals surface area contributed by atoms with Gasteiger partial charge in [0, 0.05) is 24.2 Å². The molecule has 1 aliphatic rings. The molecule has 0 N–H and O–H groups in total. The summed E-state index contributed by atoms with van der Waals surface area (Å²) >= 11 is 0. The minimum Gasteiger partial charge on any atom is -0.461 e. The predicted molar refractivity (Wildman–Crippen MR) is 84.8 cm³/mol. The number of aryl methyl sites for hydroxylation is 1. The monoisotopic (exact) mass is 299 g/mol. The first-order valence-electron chi connectivity index (χ1n) is 7.64. The van der Waals surface area contributed by atoms with Crippen molar-refractivity contribution in [2.45, 2.75) is 33.0 Å². The fourth-order valence-electron chi connectivity index (χ4n) is 2.92. The highest BCUT2D eigenvalue weighted by atomic mass is 16.5. The van der Waals surface area contributed by atoms with Gasteiger partial charge in [0.1, 0.15) is 11.5 Å². The summed E-state index contributed by atoms with van der Waals surface area (Å²) in [4.78, 5) is 14.6. The first-order chi connectivity index (χ1) is 10.5. The molecule has 2 heterocycles. The van der Waals surface area contributed by atoms with Gasteiger partial charge < -0.3 is 14.1 Å². The molecule has 0 spiro atoms. The van der Waals surface area contributed by atoms with Crippen molar-refractivity contribution < 1.29 is 13.9 Å². The van der Waals surface area contributed by atoms with Crippen LogP contribution in [0.3, 0.4) is 0 Å². The zero-order chi connectivity index (χ0) is 15.7. The summed E-state index contributed by atoms with van der Waals surface area (Å²) in [5.74, 6) is 1.70. The molecule has 1 fully saturated rings. The third kappa shape index (κ3) is 3.07. The first kappa shape index (κ1) is 14.9. The number of furan rings is 1. The molecule has 4 nitrogen and oxygen atoms in total. The topological polar surface area (TPSA) is 42.7 Å². The van der Waals surface area contributed by atoms with Gasteiger partial charge in [0.15, 0.2) is 0 Å². The van der Waals surface area contributed by atoms with Crippen molar-refractivity contribution in [2.75, 3.05) is 13.1 Å². The Labute approximate surface area is 130 Å². The van der Waals surface area contributed by atoms with E-state index in [0.717, 1.165) is 17.1 Å². The Kier molecular flexibility index (Phi) is 4.03. The van der Waals surface area contributed by atoms with Gasteiger partial charge in [-0.2, -0.15) is 0 Å². The van der Waals surface area contributed by atoms with E-state index in [-0.39, 0.29) is 18.1 Å². The lowest BCUT2D eigenvalue weighted by molar-refractivity contribution is -0.0586. The lowest BCUT2D eigenvalue weighted by Gasteiger charge is -2.35. The Morgan fingerprint density at radius 2 is 1.86 bits per heavy atom. The molecule has 1 aromatic carbocycles. The standard InChI is InChI=1S/C18H21NO3/c1-12-7-8-17(22-12)15-5-4-6-16(9-15)18(20)19-10-13(2)21-14(3)11-19/h4-9,13-14H,10-11H2,1-3H3/t13-,14+. The van der Waals surface area contributed by atoms with Crippen molar-refractivity contribution in [1.82, 2.24) is 4.90 Å². The number of hydrogen-bond donors (Lipinski definition) is 0. The Hall–Kier alpha value is -2.07. The van der Waals surface area contributed by atoms with Crippen molar-refractivity contribution in [1.29, 1.82) is 0 Å². The van der Waals surface area contributed by atoms with Gasteiger partial charge in [-0.15, -0.1) is 0 Å². The third-order valence-corrected chi connectivity index (χ3v) is 3.84. The molecule has 1 amide bonds. The second kappa shape index (κ2) is 5.97. The maximum Gasteiger partial charge on any atom is 0.254 e. The van der Waals surface area contributed by atoms with Crippen LogP contribution in [-0.2, 0) is 4.74 Å². The summed E-state index contributed by atoms with van der Waals surface area (Å²) < 4.78 is 11.3. The lowest BCUT2D eigenvalue weighted by Crippen LogP contribution is -2.48. The van der Waals surface area contributed by atoms with Gasteiger partial charge in [0.25, 0.3) is 5.91 Å². The summed E-state index contributed by atoms with van der Waals surface area (Å²) in [6, 6.07) is 11.5. The highest BCUT2D eigenvalue weighted by Gasteiger charge is 2.26. The SMILES string of the molecule is Cc1ccc(-c2cccc(C(=O)N3C[C@@H](C)O[C@@H](C)C3)c2)o1. The molecule has 22 heavy (non-hydrogen) atoms. The molecule has 1 aliphatic heterocycles. The highest BCUT2D eigenvalue weighted by molar-refractivity contribution is 5.95. The molecule has 1 saturated heterocycles. The lowest BCUT2D eigenvalue weighted by atomic mass is 10.1. The van der Waals surface area contributed by atoms with Crippen molar-refractivity contribution in [2.24, 2.45) is 0 Å². The van der Waals surface area contributed by atoms with Gasteiger partial charge in [-0.1, -0.05) is 12.1 Å². The van der Waals surface area contributed by atoms with Crippen LogP contribution in [0.1, 0.15) is 30.0 Å². The van der Waals surface area contributed by atoms with Crippen molar-refractivity contribution in [3.8, 4) is 11.3 Å². The van der Waals surface area contributed by atoms with Gasteiger partial charge in [0.2, 0.25) is 0 Å². The highest BCUT2D eigenvalue weighted by Crippen LogP contribution is 2.24. The van der Waals surface area contributed by atoms with Crippen LogP contribution in [0.25, 0.3) is 11.3 Å². The average Bonchev–Trinajstić information content (AvgIpc) is 2.92. The summed E-state index contributed by atoms with van der Waals surface area (Å²) in [6.45, 7) is 7.17. The smallest absolute Gasteiger partial charge is 0.254 e. The number of carbonyl (C=O) groups is 1. The molecular weight excluding hydrogens is 278 g/mol. The molecule has 0 bridgehead atoms. The third-order valence-electron chi connectivity index (χ3n) is 3.84. The van der Waals surface area contributed by atoms with Crippen LogP contribution in [0.4, 0.5) is 0 Å². The van der Waals surface area contributed by atoms with E-state index in [1.807, 2.05) is 62.1 Å². The van der Waals surface area contributed by atoms with E-state index in [0.29, 0.717) is 18.7 Å². The summed E-state index contributed by atoms with van der Waals surface area (Å²) in [5.41, 5.74) is 1.61. The van der Waals surface area contributed by atoms with Crippen molar-refractivity contribution in [3.05, 3.63) is 47.7 Å². The van der Waals surface area contributed by atoms with Crippen LogP contribution >= 0.6 is 0 Å². The second-order valence-corrected chi connectivity index (χ2v) is 5.96. The molecule has 0 unspecified atom stereocenters. The molecule has 0 radical (unpaired) electrons. The molecule has 0 saturated carbocycles. The normalized spacial score (nSPS) is 21.9. The van der Waals surface area contributed by atoms with Crippen LogP contribution in [0.15, 0.2) is 40.8 Å². The number of hydrogen-bond acceptors (Lipinski definition) is 3. The van der Waals surface area contributed by atoms with Crippen molar-refractivity contribution >= 4 is 5.91 Å². The molecule has 2 atom stereocenters. The largest absolute Gasteiger partial charge is 0.461 e. The number of ether oxygens (including phenoxy) is 1. The average molecular weight is 299 g/mol. The second-order valence-electron chi connectivity index (χ2n) is 5.96.